The van der Waals surface area contributed by atoms with Crippen LogP contribution in [0.4, 0.5) is 14.9 Å². The van der Waals surface area contributed by atoms with Crippen LogP contribution in [-0.4, -0.2) is 28.9 Å². The van der Waals surface area contributed by atoms with E-state index in [1.165, 1.54) is 6.08 Å². The number of halogens is 1. The zero-order valence-electron chi connectivity index (χ0n) is 9.14. The standard InChI is InChI=1S/C11H10FNO5/c1-2-3-18-11(17)13-8-4-6(10(15)16)7(12)5-9(8)14/h2,4-5,14H,1,3H2,(H,13,17)(H,15,16). The number of amides is 1. The fourth-order valence-electron chi connectivity index (χ4n) is 1.11. The molecule has 18 heavy (non-hydrogen) atoms. The Morgan fingerprint density at radius 2 is 2.17 bits per heavy atom. The summed E-state index contributed by atoms with van der Waals surface area (Å²) in [6.45, 7) is 3.27. The SMILES string of the molecule is C=CCOC(=O)Nc1cc(C(=O)O)c(F)cc1O. The number of rotatable bonds is 4. The molecule has 0 aliphatic carbocycles. The van der Waals surface area contributed by atoms with E-state index in [0.717, 1.165) is 6.07 Å². The number of carbonyl (C=O) groups excluding carboxylic acids is 1. The number of anilines is 1. The quantitative estimate of drug-likeness (QED) is 0.564. The molecule has 0 aliphatic heterocycles. The Morgan fingerprint density at radius 3 is 2.72 bits per heavy atom. The number of aromatic hydroxyl groups is 1. The van der Waals surface area contributed by atoms with Gasteiger partial charge >= 0.3 is 12.1 Å². The first-order chi connectivity index (χ1) is 8.45. The van der Waals surface area contributed by atoms with Gasteiger partial charge in [-0.3, -0.25) is 5.32 Å². The second-order valence-electron chi connectivity index (χ2n) is 3.17. The molecule has 0 bridgehead atoms. The molecule has 0 radical (unpaired) electrons. The van der Waals surface area contributed by atoms with Crippen molar-refractivity contribution in [2.24, 2.45) is 0 Å². The first-order valence-corrected chi connectivity index (χ1v) is 4.76. The van der Waals surface area contributed by atoms with Gasteiger partial charge in [-0.25, -0.2) is 14.0 Å². The molecule has 1 rings (SSSR count). The lowest BCUT2D eigenvalue weighted by molar-refractivity contribution is 0.0691. The molecule has 0 fully saturated rings. The summed E-state index contributed by atoms with van der Waals surface area (Å²) >= 11 is 0. The third-order valence-electron chi connectivity index (χ3n) is 1.88. The van der Waals surface area contributed by atoms with Crippen LogP contribution in [0.15, 0.2) is 24.8 Å². The summed E-state index contributed by atoms with van der Waals surface area (Å²) in [6, 6.07) is 1.38. The fourth-order valence-corrected chi connectivity index (χ4v) is 1.11. The van der Waals surface area contributed by atoms with Gasteiger partial charge in [-0.2, -0.15) is 0 Å². The van der Waals surface area contributed by atoms with Gasteiger partial charge in [0.05, 0.1) is 11.3 Å². The molecule has 0 unspecified atom stereocenters. The molecule has 3 N–H and O–H groups in total. The lowest BCUT2D eigenvalue weighted by Crippen LogP contribution is -2.14. The molecule has 0 aliphatic rings. The molecular weight excluding hydrogens is 245 g/mol. The maximum atomic E-state index is 13.1. The number of carbonyl (C=O) groups is 2. The maximum Gasteiger partial charge on any atom is 0.412 e. The van der Waals surface area contributed by atoms with Gasteiger partial charge in [-0.15, -0.1) is 0 Å². The molecule has 0 heterocycles. The number of phenols is 1. The molecule has 1 amide bonds. The van der Waals surface area contributed by atoms with Crippen molar-refractivity contribution < 1.29 is 28.9 Å². The van der Waals surface area contributed by atoms with Crippen molar-refractivity contribution >= 4 is 17.7 Å². The fraction of sp³-hybridized carbons (Fsp3) is 0.0909. The number of benzene rings is 1. The third kappa shape index (κ3) is 3.21. The van der Waals surface area contributed by atoms with E-state index >= 15 is 0 Å². The summed E-state index contributed by atoms with van der Waals surface area (Å²) in [7, 11) is 0. The summed E-state index contributed by atoms with van der Waals surface area (Å²) in [5.41, 5.74) is -0.935. The molecule has 7 heteroatoms. The highest BCUT2D eigenvalue weighted by Gasteiger charge is 2.16. The van der Waals surface area contributed by atoms with E-state index in [4.69, 9.17) is 5.11 Å². The van der Waals surface area contributed by atoms with E-state index < -0.39 is 29.2 Å². The average molecular weight is 255 g/mol. The molecule has 0 aromatic heterocycles. The molecule has 6 nitrogen and oxygen atoms in total. The van der Waals surface area contributed by atoms with E-state index in [0.29, 0.717) is 6.07 Å². The minimum Gasteiger partial charge on any atom is -0.506 e. The molecule has 96 valence electrons. The van der Waals surface area contributed by atoms with Gasteiger partial charge in [-0.1, -0.05) is 12.7 Å². The van der Waals surface area contributed by atoms with Gasteiger partial charge in [0.2, 0.25) is 0 Å². The van der Waals surface area contributed by atoms with Crippen LogP contribution in [-0.2, 0) is 4.74 Å². The van der Waals surface area contributed by atoms with Crippen molar-refractivity contribution in [2.45, 2.75) is 0 Å². The number of hydrogen-bond donors (Lipinski definition) is 3. The number of hydrogen-bond acceptors (Lipinski definition) is 4. The van der Waals surface area contributed by atoms with Crippen LogP contribution in [0.1, 0.15) is 10.4 Å². The number of phenolic OH excluding ortho intramolecular Hbond substituents is 1. The highest BCUT2D eigenvalue weighted by molar-refractivity contribution is 5.93. The van der Waals surface area contributed by atoms with Crippen LogP contribution in [0.5, 0.6) is 5.75 Å². The van der Waals surface area contributed by atoms with Crippen LogP contribution in [0, 0.1) is 5.82 Å². The number of ether oxygens (including phenoxy) is 1. The van der Waals surface area contributed by atoms with Crippen LogP contribution in [0.2, 0.25) is 0 Å². The van der Waals surface area contributed by atoms with Gasteiger partial charge in [0.25, 0.3) is 0 Å². The smallest absolute Gasteiger partial charge is 0.412 e. The van der Waals surface area contributed by atoms with Crippen molar-refractivity contribution in [3.05, 3.63) is 36.2 Å². The Kier molecular flexibility index (Phi) is 4.25. The molecule has 1 aromatic rings. The lowest BCUT2D eigenvalue weighted by Gasteiger charge is -2.08. The monoisotopic (exact) mass is 255 g/mol. The number of aromatic carboxylic acids is 1. The Morgan fingerprint density at radius 1 is 1.50 bits per heavy atom. The van der Waals surface area contributed by atoms with Crippen molar-refractivity contribution in [1.29, 1.82) is 0 Å². The first-order valence-electron chi connectivity index (χ1n) is 4.76. The van der Waals surface area contributed by atoms with Crippen LogP contribution in [0.3, 0.4) is 0 Å². The van der Waals surface area contributed by atoms with E-state index in [-0.39, 0.29) is 12.3 Å². The molecule has 0 spiro atoms. The second-order valence-corrected chi connectivity index (χ2v) is 3.17. The summed E-state index contributed by atoms with van der Waals surface area (Å²) in [5, 5.41) is 20.1. The number of nitrogens with one attached hydrogen (secondary N) is 1. The molecule has 1 aromatic carbocycles. The second kappa shape index (κ2) is 5.67. The molecule has 0 atom stereocenters. The average Bonchev–Trinajstić information content (AvgIpc) is 2.29. The predicted molar refractivity (Wildman–Crippen MR) is 60.2 cm³/mol. The van der Waals surface area contributed by atoms with Crippen molar-refractivity contribution in [3.8, 4) is 5.75 Å². The van der Waals surface area contributed by atoms with Gasteiger partial charge in [0, 0.05) is 6.07 Å². The topological polar surface area (TPSA) is 95.9 Å². The molecule has 0 saturated carbocycles. The number of carboxylic acids is 1. The van der Waals surface area contributed by atoms with Crippen molar-refractivity contribution in [1.82, 2.24) is 0 Å². The van der Waals surface area contributed by atoms with Gasteiger partial charge in [0.15, 0.2) is 0 Å². The highest BCUT2D eigenvalue weighted by Crippen LogP contribution is 2.26. The van der Waals surface area contributed by atoms with Crippen LogP contribution >= 0.6 is 0 Å². The van der Waals surface area contributed by atoms with Crippen LogP contribution in [0.25, 0.3) is 0 Å². The third-order valence-corrected chi connectivity index (χ3v) is 1.88. The van der Waals surface area contributed by atoms with Crippen molar-refractivity contribution in [2.75, 3.05) is 11.9 Å². The van der Waals surface area contributed by atoms with E-state index in [2.05, 4.69) is 16.6 Å². The largest absolute Gasteiger partial charge is 0.506 e. The summed E-state index contributed by atoms with van der Waals surface area (Å²) in [5.74, 6) is -3.23. The molecular formula is C11H10FNO5. The zero-order chi connectivity index (χ0) is 13.7. The van der Waals surface area contributed by atoms with Gasteiger partial charge in [0.1, 0.15) is 18.2 Å². The summed E-state index contributed by atoms with van der Waals surface area (Å²) < 4.78 is 17.7. The van der Waals surface area contributed by atoms with E-state index in [9.17, 15) is 19.1 Å². The van der Waals surface area contributed by atoms with Crippen molar-refractivity contribution in [3.63, 3.8) is 0 Å². The maximum absolute atomic E-state index is 13.1. The Hall–Kier alpha value is -2.57. The lowest BCUT2D eigenvalue weighted by atomic mass is 10.1. The van der Waals surface area contributed by atoms with E-state index in [1.807, 2.05) is 0 Å². The van der Waals surface area contributed by atoms with Crippen LogP contribution < -0.4 is 5.32 Å². The number of carboxylic acid groups (broad SMARTS) is 1. The molecule has 0 saturated heterocycles. The predicted octanol–water partition coefficient (Wildman–Crippen LogP) is 1.96. The van der Waals surface area contributed by atoms with Gasteiger partial charge in [-0.05, 0) is 6.07 Å². The normalized spacial score (nSPS) is 9.61. The Bertz CT molecular complexity index is 500. The van der Waals surface area contributed by atoms with Gasteiger partial charge < -0.3 is 14.9 Å². The van der Waals surface area contributed by atoms with E-state index in [1.54, 1.807) is 0 Å². The Labute approximate surface area is 101 Å². The first kappa shape index (κ1) is 13.5. The zero-order valence-corrected chi connectivity index (χ0v) is 9.14. The Balaban J connectivity index is 2.95. The minimum absolute atomic E-state index is 0.0560. The summed E-state index contributed by atoms with van der Waals surface area (Å²) in [4.78, 5) is 21.8. The summed E-state index contributed by atoms with van der Waals surface area (Å²) in [6.07, 6.45) is 0.403. The highest BCUT2D eigenvalue weighted by atomic mass is 19.1. The minimum atomic E-state index is -1.52.